The summed E-state index contributed by atoms with van der Waals surface area (Å²) in [6.07, 6.45) is 0. The molecule has 2 aromatic carbocycles. The molecule has 0 N–H and O–H groups in total. The third-order valence-electron chi connectivity index (χ3n) is 3.22. The zero-order chi connectivity index (χ0) is 14.5. The molecule has 0 spiro atoms. The van der Waals surface area contributed by atoms with Crippen LogP contribution in [0.15, 0.2) is 48.5 Å². The molecular formula is C17H17FO2. The van der Waals surface area contributed by atoms with E-state index in [1.165, 1.54) is 6.07 Å². The Morgan fingerprint density at radius 1 is 1.20 bits per heavy atom. The number of halogens is 1. The van der Waals surface area contributed by atoms with E-state index in [1.54, 1.807) is 26.0 Å². The average molecular weight is 271 g/mol. The first-order valence-electron chi connectivity index (χ1n) is 6.65. The van der Waals surface area contributed by atoms with Gasteiger partial charge < -0.3 is 4.74 Å². The van der Waals surface area contributed by atoms with Gasteiger partial charge in [-0.05, 0) is 31.0 Å². The van der Waals surface area contributed by atoms with Crippen LogP contribution in [-0.4, -0.2) is 12.6 Å². The molecule has 0 aromatic heterocycles. The SMILES string of the molecule is CCOC(=O)C([11CH3])c1ccc(-c2ccccc2)c(F)c1. The van der Waals surface area contributed by atoms with E-state index in [9.17, 15) is 9.18 Å². The molecule has 0 amide bonds. The first-order chi connectivity index (χ1) is 9.63. The second kappa shape index (κ2) is 6.33. The number of ether oxygens (including phenoxy) is 1. The highest BCUT2D eigenvalue weighted by molar-refractivity contribution is 5.78. The Morgan fingerprint density at radius 2 is 1.90 bits per heavy atom. The van der Waals surface area contributed by atoms with Crippen molar-refractivity contribution in [3.05, 3.63) is 59.9 Å². The molecule has 0 aliphatic heterocycles. The van der Waals surface area contributed by atoms with Crippen molar-refractivity contribution in [1.82, 2.24) is 0 Å². The minimum Gasteiger partial charge on any atom is -0.466 e. The van der Waals surface area contributed by atoms with Crippen molar-refractivity contribution in [2.24, 2.45) is 0 Å². The van der Waals surface area contributed by atoms with Gasteiger partial charge in [0.15, 0.2) is 0 Å². The summed E-state index contributed by atoms with van der Waals surface area (Å²) >= 11 is 0. The van der Waals surface area contributed by atoms with E-state index in [2.05, 4.69) is 0 Å². The Balaban J connectivity index is 2.29. The second-order valence-corrected chi connectivity index (χ2v) is 4.58. The summed E-state index contributed by atoms with van der Waals surface area (Å²) in [5, 5.41) is 0. The fourth-order valence-electron chi connectivity index (χ4n) is 2.06. The maximum Gasteiger partial charge on any atom is 0.313 e. The molecule has 0 bridgehead atoms. The third-order valence-corrected chi connectivity index (χ3v) is 3.22. The smallest absolute Gasteiger partial charge is 0.313 e. The summed E-state index contributed by atoms with van der Waals surface area (Å²) in [5.74, 6) is -1.13. The molecular weight excluding hydrogens is 254 g/mol. The lowest BCUT2D eigenvalue weighted by molar-refractivity contribution is -0.144. The number of benzene rings is 2. The summed E-state index contributed by atoms with van der Waals surface area (Å²) in [7, 11) is 0. The van der Waals surface area contributed by atoms with Gasteiger partial charge in [0, 0.05) is 5.56 Å². The Kier molecular flexibility index (Phi) is 4.51. The minimum atomic E-state index is -0.464. The Morgan fingerprint density at radius 3 is 2.50 bits per heavy atom. The first kappa shape index (κ1) is 14.3. The van der Waals surface area contributed by atoms with Crippen LogP contribution < -0.4 is 0 Å². The highest BCUT2D eigenvalue weighted by atomic mass is 19.1. The molecule has 2 aromatic rings. The van der Waals surface area contributed by atoms with Gasteiger partial charge in [-0.1, -0.05) is 42.5 Å². The van der Waals surface area contributed by atoms with Crippen LogP contribution >= 0.6 is 0 Å². The highest BCUT2D eigenvalue weighted by Gasteiger charge is 2.18. The van der Waals surface area contributed by atoms with Gasteiger partial charge in [0.25, 0.3) is 0 Å². The molecule has 0 aliphatic carbocycles. The summed E-state index contributed by atoms with van der Waals surface area (Å²) in [6.45, 7) is 3.80. The normalized spacial score (nSPS) is 11.9. The number of hydrogen-bond donors (Lipinski definition) is 0. The largest absolute Gasteiger partial charge is 0.466 e. The number of esters is 1. The van der Waals surface area contributed by atoms with Crippen LogP contribution in [-0.2, 0) is 9.53 Å². The second-order valence-electron chi connectivity index (χ2n) is 4.58. The zero-order valence-corrected chi connectivity index (χ0v) is 11.6. The maximum absolute atomic E-state index is 14.2. The van der Waals surface area contributed by atoms with Gasteiger partial charge >= 0.3 is 5.97 Å². The van der Waals surface area contributed by atoms with Crippen LogP contribution in [0.1, 0.15) is 25.3 Å². The van der Waals surface area contributed by atoms with E-state index >= 15 is 0 Å². The minimum absolute atomic E-state index is 0.327. The van der Waals surface area contributed by atoms with Crippen LogP contribution in [0.2, 0.25) is 0 Å². The average Bonchev–Trinajstić information content (AvgIpc) is 2.47. The van der Waals surface area contributed by atoms with Crippen molar-refractivity contribution in [3.63, 3.8) is 0 Å². The lowest BCUT2D eigenvalue weighted by Gasteiger charge is -2.12. The molecule has 0 aliphatic rings. The van der Waals surface area contributed by atoms with Crippen molar-refractivity contribution in [2.75, 3.05) is 6.61 Å². The van der Waals surface area contributed by atoms with Crippen LogP contribution in [0.3, 0.4) is 0 Å². The third kappa shape index (κ3) is 3.05. The number of carbonyl (C=O) groups excluding carboxylic acids is 1. The molecule has 20 heavy (non-hydrogen) atoms. The van der Waals surface area contributed by atoms with Crippen molar-refractivity contribution in [3.8, 4) is 11.1 Å². The van der Waals surface area contributed by atoms with Crippen LogP contribution in [0.25, 0.3) is 11.1 Å². The van der Waals surface area contributed by atoms with E-state index in [0.29, 0.717) is 17.7 Å². The molecule has 1 unspecified atom stereocenters. The molecule has 0 radical (unpaired) electrons. The van der Waals surface area contributed by atoms with Crippen molar-refractivity contribution >= 4 is 5.97 Å². The van der Waals surface area contributed by atoms with E-state index in [0.717, 1.165) is 5.56 Å². The summed E-state index contributed by atoms with van der Waals surface area (Å²) < 4.78 is 19.1. The van der Waals surface area contributed by atoms with Gasteiger partial charge in [0.1, 0.15) is 5.82 Å². The fourth-order valence-corrected chi connectivity index (χ4v) is 2.06. The predicted molar refractivity (Wildman–Crippen MR) is 76.9 cm³/mol. The van der Waals surface area contributed by atoms with Crippen molar-refractivity contribution < 1.29 is 13.9 Å². The molecule has 1 atom stereocenters. The molecule has 0 saturated carbocycles. The van der Waals surface area contributed by atoms with E-state index in [-0.39, 0.29) is 11.8 Å². The van der Waals surface area contributed by atoms with Gasteiger partial charge in [-0.2, -0.15) is 0 Å². The van der Waals surface area contributed by atoms with E-state index < -0.39 is 5.92 Å². The molecule has 2 rings (SSSR count). The highest BCUT2D eigenvalue weighted by Crippen LogP contribution is 2.26. The van der Waals surface area contributed by atoms with E-state index in [4.69, 9.17) is 4.74 Å². The van der Waals surface area contributed by atoms with Crippen LogP contribution in [0, 0.1) is 5.82 Å². The van der Waals surface area contributed by atoms with Crippen LogP contribution in [0.4, 0.5) is 4.39 Å². The van der Waals surface area contributed by atoms with Crippen molar-refractivity contribution in [1.29, 1.82) is 0 Å². The topological polar surface area (TPSA) is 26.3 Å². The number of hydrogen-bond acceptors (Lipinski definition) is 2. The van der Waals surface area contributed by atoms with Gasteiger partial charge in [0.05, 0.1) is 12.5 Å². The van der Waals surface area contributed by atoms with Crippen molar-refractivity contribution in [2.45, 2.75) is 19.8 Å². The summed E-state index contributed by atoms with van der Waals surface area (Å²) in [5.41, 5.74) is 1.98. The molecule has 0 heterocycles. The summed E-state index contributed by atoms with van der Waals surface area (Å²) in [4.78, 5) is 11.7. The lowest BCUT2D eigenvalue weighted by atomic mass is 9.86. The van der Waals surface area contributed by atoms with Crippen LogP contribution in [0.5, 0.6) is 0 Å². The molecule has 2 nitrogen and oxygen atoms in total. The van der Waals surface area contributed by atoms with Gasteiger partial charge in [-0.3, -0.25) is 4.79 Å². The fraction of sp³-hybridized carbons (Fsp3) is 0.235. The first-order valence-corrected chi connectivity index (χ1v) is 6.65. The Labute approximate surface area is 118 Å². The Bertz CT molecular complexity index is 593. The molecule has 3 heteroatoms. The standard InChI is InChI=1S/C17H17FO2/c1-3-20-17(19)12(2)14-9-10-15(16(18)11-14)13-7-5-4-6-8-13/h4-12H,3H2,1-2H3/i2-1. The maximum atomic E-state index is 14.2. The molecule has 0 fully saturated rings. The van der Waals surface area contributed by atoms with E-state index in [1.807, 2.05) is 30.3 Å². The molecule has 0 saturated heterocycles. The van der Waals surface area contributed by atoms with Gasteiger partial charge in [-0.15, -0.1) is 0 Å². The number of carbonyl (C=O) groups is 1. The Hall–Kier alpha value is -2.16. The summed E-state index contributed by atoms with van der Waals surface area (Å²) in [6, 6.07) is 14.2. The zero-order valence-electron chi connectivity index (χ0n) is 11.6. The van der Waals surface area contributed by atoms with Gasteiger partial charge in [-0.25, -0.2) is 4.39 Å². The number of rotatable bonds is 4. The molecule has 104 valence electrons. The lowest BCUT2D eigenvalue weighted by Crippen LogP contribution is -2.13. The van der Waals surface area contributed by atoms with Gasteiger partial charge in [0.2, 0.25) is 0 Å². The monoisotopic (exact) mass is 271 g/mol. The quantitative estimate of drug-likeness (QED) is 0.780. The predicted octanol–water partition coefficient (Wildman–Crippen LogP) is 4.16.